The third kappa shape index (κ3) is 4.48. The molecule has 2 heterocycles. The molecule has 2 aromatic heterocycles. The Morgan fingerprint density at radius 3 is 2.74 bits per heavy atom. The van der Waals surface area contributed by atoms with Crippen LogP contribution >= 0.6 is 46.3 Å². The van der Waals surface area contributed by atoms with E-state index in [0.717, 1.165) is 23.8 Å². The average molecular weight is 440 g/mol. The molecule has 0 unspecified atom stereocenters. The quantitative estimate of drug-likeness (QED) is 0.340. The van der Waals surface area contributed by atoms with Crippen LogP contribution in [0.15, 0.2) is 41.6 Å². The van der Waals surface area contributed by atoms with Crippen molar-refractivity contribution in [3.8, 4) is 5.75 Å². The largest absolute Gasteiger partial charge is 0.484 e. The van der Waals surface area contributed by atoms with Crippen molar-refractivity contribution in [2.24, 2.45) is 0 Å². The van der Waals surface area contributed by atoms with Crippen LogP contribution in [0.4, 0.5) is 0 Å². The van der Waals surface area contributed by atoms with Crippen molar-refractivity contribution in [1.29, 1.82) is 0 Å². The van der Waals surface area contributed by atoms with E-state index >= 15 is 0 Å². The molecular weight excluding hydrogens is 425 g/mol. The number of ether oxygens (including phenoxy) is 1. The minimum absolute atomic E-state index is 0.0381. The zero-order valence-corrected chi connectivity index (χ0v) is 17.2. The predicted molar refractivity (Wildman–Crippen MR) is 108 cm³/mol. The fraction of sp³-hybridized carbons (Fsp3) is 0.278. The maximum absolute atomic E-state index is 12.3. The summed E-state index contributed by atoms with van der Waals surface area (Å²) in [5, 5.41) is 9.84. The lowest BCUT2D eigenvalue weighted by Gasteiger charge is -2.10. The molecule has 5 nitrogen and oxygen atoms in total. The number of thioether (sulfide) groups is 1. The van der Waals surface area contributed by atoms with Gasteiger partial charge >= 0.3 is 0 Å². The number of halogens is 2. The molecule has 1 fully saturated rings. The fourth-order valence-electron chi connectivity index (χ4n) is 2.57. The van der Waals surface area contributed by atoms with Crippen molar-refractivity contribution < 1.29 is 9.53 Å². The monoisotopic (exact) mass is 439 g/mol. The highest BCUT2D eigenvalue weighted by Gasteiger charge is 2.30. The van der Waals surface area contributed by atoms with Gasteiger partial charge in [-0.05, 0) is 37.1 Å². The van der Waals surface area contributed by atoms with Crippen LogP contribution in [0.1, 0.15) is 34.4 Å². The normalized spacial score (nSPS) is 13.7. The first-order chi connectivity index (χ1) is 13.1. The lowest BCUT2D eigenvalue weighted by molar-refractivity contribution is 0.102. The van der Waals surface area contributed by atoms with Gasteiger partial charge in [-0.1, -0.05) is 47.1 Å². The number of nitrogens with zero attached hydrogens (tertiary/aromatic N) is 3. The number of aromatic nitrogens is 3. The second-order valence-electron chi connectivity index (χ2n) is 6.03. The molecule has 1 aromatic carbocycles. The molecule has 1 aliphatic rings. The van der Waals surface area contributed by atoms with E-state index in [1.54, 1.807) is 18.2 Å². The van der Waals surface area contributed by atoms with Crippen LogP contribution in [-0.2, 0) is 6.61 Å². The van der Waals surface area contributed by atoms with Crippen LogP contribution in [0.2, 0.25) is 9.36 Å². The Morgan fingerprint density at radius 1 is 1.22 bits per heavy atom. The van der Waals surface area contributed by atoms with Gasteiger partial charge in [0.25, 0.3) is 0 Å². The highest BCUT2D eigenvalue weighted by atomic mass is 35.5. The van der Waals surface area contributed by atoms with Gasteiger partial charge in [0.05, 0.1) is 20.0 Å². The Balaban J connectivity index is 1.44. The first-order valence-corrected chi connectivity index (χ1v) is 10.9. The molecule has 0 bridgehead atoms. The summed E-state index contributed by atoms with van der Waals surface area (Å²) < 4.78 is 8.50. The Kier molecular flexibility index (Phi) is 5.73. The smallest absolute Gasteiger partial charge is 0.192 e. The van der Waals surface area contributed by atoms with Gasteiger partial charge in [-0.25, -0.2) is 0 Å². The lowest BCUT2D eigenvalue weighted by Crippen LogP contribution is -2.08. The van der Waals surface area contributed by atoms with Crippen LogP contribution in [0.3, 0.4) is 0 Å². The zero-order valence-electron chi connectivity index (χ0n) is 14.1. The average Bonchev–Trinajstić information content (AvgIpc) is 3.27. The van der Waals surface area contributed by atoms with Crippen molar-refractivity contribution in [3.05, 3.63) is 56.5 Å². The number of thiophene rings is 1. The van der Waals surface area contributed by atoms with E-state index in [1.807, 2.05) is 18.2 Å². The van der Waals surface area contributed by atoms with Crippen LogP contribution in [0.5, 0.6) is 5.75 Å². The summed E-state index contributed by atoms with van der Waals surface area (Å²) in [5.41, 5.74) is 0. The van der Waals surface area contributed by atoms with Gasteiger partial charge in [0.1, 0.15) is 12.4 Å². The van der Waals surface area contributed by atoms with Gasteiger partial charge in [0.15, 0.2) is 16.8 Å². The Labute approximate surface area is 174 Å². The molecule has 0 atom stereocenters. The molecule has 1 saturated carbocycles. The summed E-state index contributed by atoms with van der Waals surface area (Å²) in [7, 11) is 0. The van der Waals surface area contributed by atoms with Crippen LogP contribution in [0.25, 0.3) is 0 Å². The highest BCUT2D eigenvalue weighted by molar-refractivity contribution is 7.99. The molecular formula is C18H15Cl2N3O2S2. The van der Waals surface area contributed by atoms with Crippen LogP contribution < -0.4 is 4.74 Å². The molecule has 3 aromatic rings. The van der Waals surface area contributed by atoms with Crippen molar-refractivity contribution in [3.63, 3.8) is 0 Å². The number of Topliss-reactive ketones (excluding diaryl/α,β-unsaturated/α-hetero) is 1. The molecule has 0 saturated heterocycles. The third-order valence-electron chi connectivity index (χ3n) is 4.02. The van der Waals surface area contributed by atoms with E-state index in [1.165, 1.54) is 23.1 Å². The number of para-hydroxylation sites is 1. The number of hydrogen-bond acceptors (Lipinski definition) is 6. The molecule has 0 radical (unpaired) electrons. The van der Waals surface area contributed by atoms with Crippen molar-refractivity contribution >= 4 is 52.1 Å². The van der Waals surface area contributed by atoms with Crippen LogP contribution in [-0.4, -0.2) is 26.3 Å². The topological polar surface area (TPSA) is 57.0 Å². The van der Waals surface area contributed by atoms with Crippen LogP contribution in [0, 0.1) is 0 Å². The van der Waals surface area contributed by atoms with E-state index < -0.39 is 0 Å². The van der Waals surface area contributed by atoms with Crippen molar-refractivity contribution in [2.45, 2.75) is 30.6 Å². The predicted octanol–water partition coefficient (Wildman–Crippen LogP) is 5.54. The third-order valence-corrected chi connectivity index (χ3v) is 6.55. The molecule has 0 amide bonds. The number of rotatable bonds is 8. The van der Waals surface area contributed by atoms with Gasteiger partial charge in [0, 0.05) is 6.04 Å². The van der Waals surface area contributed by atoms with Gasteiger partial charge in [-0.3, -0.25) is 9.36 Å². The summed E-state index contributed by atoms with van der Waals surface area (Å²) in [6.07, 6.45) is 2.17. The maximum atomic E-state index is 12.3. The van der Waals surface area contributed by atoms with Crippen molar-refractivity contribution in [2.75, 3.05) is 5.75 Å². The minimum Gasteiger partial charge on any atom is -0.484 e. The summed E-state index contributed by atoms with van der Waals surface area (Å²) in [6.45, 7) is 0.280. The number of benzene rings is 1. The number of carbonyl (C=O) groups excluding carboxylic acids is 1. The molecule has 9 heteroatoms. The van der Waals surface area contributed by atoms with Gasteiger partial charge in [-0.15, -0.1) is 21.5 Å². The second kappa shape index (κ2) is 8.22. The Morgan fingerprint density at radius 2 is 2.04 bits per heavy atom. The molecule has 140 valence electrons. The number of hydrogen-bond donors (Lipinski definition) is 0. The molecule has 1 aliphatic carbocycles. The van der Waals surface area contributed by atoms with E-state index in [0.29, 0.717) is 31.8 Å². The zero-order chi connectivity index (χ0) is 18.8. The molecule has 27 heavy (non-hydrogen) atoms. The molecule has 0 spiro atoms. The van der Waals surface area contributed by atoms with Gasteiger partial charge in [-0.2, -0.15) is 0 Å². The van der Waals surface area contributed by atoms with E-state index in [4.69, 9.17) is 27.9 Å². The number of carbonyl (C=O) groups is 1. The SMILES string of the molecule is O=C(CSc1nnc(COc2ccccc2Cl)n1C1CC1)c1ccc(Cl)s1. The minimum atomic E-state index is 0.0381. The summed E-state index contributed by atoms with van der Waals surface area (Å²) in [4.78, 5) is 13.0. The Bertz CT molecular complexity index is 969. The summed E-state index contributed by atoms with van der Waals surface area (Å²) >= 11 is 14.7. The fourth-order valence-corrected chi connectivity index (χ4v) is 4.74. The van der Waals surface area contributed by atoms with Gasteiger partial charge in [0.2, 0.25) is 0 Å². The van der Waals surface area contributed by atoms with E-state index in [9.17, 15) is 4.79 Å². The van der Waals surface area contributed by atoms with E-state index in [2.05, 4.69) is 14.8 Å². The molecule has 0 aliphatic heterocycles. The summed E-state index contributed by atoms with van der Waals surface area (Å²) in [6, 6.07) is 11.2. The highest BCUT2D eigenvalue weighted by Crippen LogP contribution is 2.39. The Hall–Kier alpha value is -1.54. The lowest BCUT2D eigenvalue weighted by atomic mass is 10.3. The molecule has 4 rings (SSSR count). The second-order valence-corrected chi connectivity index (χ2v) is 9.10. The first kappa shape index (κ1) is 18.8. The van der Waals surface area contributed by atoms with Gasteiger partial charge < -0.3 is 4.74 Å². The van der Waals surface area contributed by atoms with Crippen molar-refractivity contribution in [1.82, 2.24) is 14.8 Å². The first-order valence-electron chi connectivity index (χ1n) is 8.34. The maximum Gasteiger partial charge on any atom is 0.192 e. The number of ketones is 1. The summed E-state index contributed by atoms with van der Waals surface area (Å²) in [5.74, 6) is 1.69. The molecule has 0 N–H and O–H groups in total. The van der Waals surface area contributed by atoms with E-state index in [-0.39, 0.29) is 12.4 Å². The standard InChI is InChI=1S/C18H15Cl2N3O2S2/c19-12-3-1-2-4-14(12)25-9-17-21-22-18(23(17)11-5-6-11)26-10-13(24)15-7-8-16(20)27-15/h1-4,7-8,11H,5-6,9-10H2.